The number of fused-ring (bicyclic) bond motifs is 1. The molecule has 0 saturated carbocycles. The van der Waals surface area contributed by atoms with E-state index in [0.29, 0.717) is 12.2 Å². The Balaban J connectivity index is 1.37. The molecule has 1 spiro atoms. The van der Waals surface area contributed by atoms with Crippen LogP contribution < -0.4 is 14.8 Å². The fourth-order valence-electron chi connectivity index (χ4n) is 3.65. The molecule has 4 rings (SSSR count). The lowest BCUT2D eigenvalue weighted by Crippen LogP contribution is -2.41. The zero-order chi connectivity index (χ0) is 15.7. The predicted molar refractivity (Wildman–Crippen MR) is 86.8 cm³/mol. The standard InChI is InChI=1S/C17H23N3O3/c1-18-16(20-6-4-17(10-20)5-7-21-11-17)19-9-13-2-3-14-15(8-13)23-12-22-14/h2-3,8H,4-7,9-12H2,1H3,(H,18,19). The van der Waals surface area contributed by atoms with Crippen LogP contribution in [0.1, 0.15) is 18.4 Å². The molecule has 0 aliphatic carbocycles. The fourth-order valence-corrected chi connectivity index (χ4v) is 3.65. The van der Waals surface area contributed by atoms with Gasteiger partial charge in [-0.15, -0.1) is 0 Å². The lowest BCUT2D eigenvalue weighted by molar-refractivity contribution is 0.156. The molecule has 23 heavy (non-hydrogen) atoms. The summed E-state index contributed by atoms with van der Waals surface area (Å²) in [6.45, 7) is 4.91. The largest absolute Gasteiger partial charge is 0.454 e. The number of nitrogens with one attached hydrogen (secondary N) is 1. The van der Waals surface area contributed by atoms with Crippen LogP contribution in [0, 0.1) is 5.41 Å². The summed E-state index contributed by atoms with van der Waals surface area (Å²) in [5.41, 5.74) is 1.50. The summed E-state index contributed by atoms with van der Waals surface area (Å²) in [6.07, 6.45) is 2.36. The highest BCUT2D eigenvalue weighted by Crippen LogP contribution is 2.38. The Morgan fingerprint density at radius 3 is 3.04 bits per heavy atom. The van der Waals surface area contributed by atoms with E-state index in [1.54, 1.807) is 0 Å². The molecule has 0 amide bonds. The van der Waals surface area contributed by atoms with Crippen molar-refractivity contribution in [3.8, 4) is 11.5 Å². The monoisotopic (exact) mass is 317 g/mol. The highest BCUT2D eigenvalue weighted by Gasteiger charge is 2.42. The second-order valence-corrected chi connectivity index (χ2v) is 6.56. The lowest BCUT2D eigenvalue weighted by Gasteiger charge is -2.25. The van der Waals surface area contributed by atoms with Crippen LogP contribution in [0.4, 0.5) is 0 Å². The van der Waals surface area contributed by atoms with Gasteiger partial charge in [0.15, 0.2) is 17.5 Å². The highest BCUT2D eigenvalue weighted by molar-refractivity contribution is 5.80. The Morgan fingerprint density at radius 1 is 1.30 bits per heavy atom. The molecule has 2 fully saturated rings. The normalized spacial score (nSPS) is 26.3. The number of hydrogen-bond donors (Lipinski definition) is 1. The molecule has 6 heteroatoms. The second-order valence-electron chi connectivity index (χ2n) is 6.56. The third kappa shape index (κ3) is 2.83. The van der Waals surface area contributed by atoms with E-state index in [4.69, 9.17) is 14.2 Å². The first-order valence-corrected chi connectivity index (χ1v) is 8.20. The van der Waals surface area contributed by atoms with Gasteiger partial charge in [-0.05, 0) is 30.5 Å². The number of hydrogen-bond acceptors (Lipinski definition) is 4. The summed E-state index contributed by atoms with van der Waals surface area (Å²) in [7, 11) is 1.85. The van der Waals surface area contributed by atoms with Gasteiger partial charge >= 0.3 is 0 Å². The van der Waals surface area contributed by atoms with E-state index < -0.39 is 0 Å². The quantitative estimate of drug-likeness (QED) is 0.663. The number of nitrogens with zero attached hydrogens (tertiary/aromatic N) is 2. The van der Waals surface area contributed by atoms with E-state index in [2.05, 4.69) is 21.3 Å². The van der Waals surface area contributed by atoms with Crippen molar-refractivity contribution in [2.75, 3.05) is 40.1 Å². The second kappa shape index (κ2) is 5.92. The van der Waals surface area contributed by atoms with Crippen molar-refractivity contribution in [1.82, 2.24) is 10.2 Å². The molecular weight excluding hydrogens is 294 g/mol. The molecule has 3 aliphatic rings. The van der Waals surface area contributed by atoms with Gasteiger partial charge in [0, 0.05) is 38.7 Å². The van der Waals surface area contributed by atoms with Crippen LogP contribution >= 0.6 is 0 Å². The number of benzene rings is 1. The van der Waals surface area contributed by atoms with E-state index in [0.717, 1.165) is 55.9 Å². The molecular formula is C17H23N3O3. The van der Waals surface area contributed by atoms with Gasteiger partial charge < -0.3 is 24.4 Å². The Kier molecular flexibility index (Phi) is 3.77. The van der Waals surface area contributed by atoms with Gasteiger partial charge in [0.25, 0.3) is 0 Å². The first kappa shape index (κ1) is 14.6. The van der Waals surface area contributed by atoms with Gasteiger partial charge in [0.05, 0.1) is 6.61 Å². The van der Waals surface area contributed by atoms with Crippen molar-refractivity contribution >= 4 is 5.96 Å². The molecule has 0 radical (unpaired) electrons. The lowest BCUT2D eigenvalue weighted by atomic mass is 9.87. The minimum Gasteiger partial charge on any atom is -0.454 e. The molecule has 0 bridgehead atoms. The van der Waals surface area contributed by atoms with Gasteiger partial charge in [0.2, 0.25) is 6.79 Å². The SMILES string of the molecule is CN=C(NCc1ccc2c(c1)OCO2)N1CCC2(CCOC2)C1. The Hall–Kier alpha value is -1.95. The van der Waals surface area contributed by atoms with Crippen molar-refractivity contribution < 1.29 is 14.2 Å². The maximum Gasteiger partial charge on any atom is 0.231 e. The maximum absolute atomic E-state index is 5.60. The Bertz CT molecular complexity index is 611. The summed E-state index contributed by atoms with van der Waals surface area (Å²) in [5, 5.41) is 3.46. The van der Waals surface area contributed by atoms with Gasteiger partial charge in [-0.1, -0.05) is 6.07 Å². The topological polar surface area (TPSA) is 55.3 Å². The first-order chi connectivity index (χ1) is 11.3. The number of ether oxygens (including phenoxy) is 3. The molecule has 1 atom stereocenters. The molecule has 124 valence electrons. The van der Waals surface area contributed by atoms with Crippen molar-refractivity contribution in [1.29, 1.82) is 0 Å². The molecule has 1 unspecified atom stereocenters. The van der Waals surface area contributed by atoms with E-state index in [9.17, 15) is 0 Å². The Labute approximate surface area is 136 Å². The zero-order valence-corrected chi connectivity index (χ0v) is 13.5. The minimum atomic E-state index is 0.311. The van der Waals surface area contributed by atoms with Crippen LogP contribution in [0.15, 0.2) is 23.2 Å². The van der Waals surface area contributed by atoms with Crippen LogP contribution in [0.2, 0.25) is 0 Å². The predicted octanol–water partition coefficient (Wildman–Crippen LogP) is 1.60. The van der Waals surface area contributed by atoms with Crippen molar-refractivity contribution in [3.63, 3.8) is 0 Å². The summed E-state index contributed by atoms with van der Waals surface area (Å²) in [5.74, 6) is 2.61. The average molecular weight is 317 g/mol. The molecule has 6 nitrogen and oxygen atoms in total. The highest BCUT2D eigenvalue weighted by atomic mass is 16.7. The number of rotatable bonds is 2. The molecule has 2 saturated heterocycles. The summed E-state index contributed by atoms with van der Waals surface area (Å²) < 4.78 is 16.4. The molecule has 1 aromatic rings. The van der Waals surface area contributed by atoms with Crippen molar-refractivity contribution in [2.24, 2.45) is 10.4 Å². The first-order valence-electron chi connectivity index (χ1n) is 8.20. The number of guanidine groups is 1. The van der Waals surface area contributed by atoms with Crippen molar-refractivity contribution in [3.05, 3.63) is 23.8 Å². The third-order valence-corrected chi connectivity index (χ3v) is 5.02. The smallest absolute Gasteiger partial charge is 0.231 e. The molecule has 3 aliphatic heterocycles. The zero-order valence-electron chi connectivity index (χ0n) is 13.5. The molecule has 1 aromatic carbocycles. The van der Waals surface area contributed by atoms with Gasteiger partial charge in [-0.2, -0.15) is 0 Å². The Morgan fingerprint density at radius 2 is 2.22 bits per heavy atom. The summed E-state index contributed by atoms with van der Waals surface area (Å²) in [4.78, 5) is 6.80. The van der Waals surface area contributed by atoms with Crippen LogP contribution in [0.3, 0.4) is 0 Å². The third-order valence-electron chi connectivity index (χ3n) is 5.02. The van der Waals surface area contributed by atoms with E-state index in [1.165, 1.54) is 12.8 Å². The van der Waals surface area contributed by atoms with Crippen LogP contribution in [0.25, 0.3) is 0 Å². The molecule has 0 aromatic heterocycles. The summed E-state index contributed by atoms with van der Waals surface area (Å²) in [6, 6.07) is 6.05. The van der Waals surface area contributed by atoms with Crippen LogP contribution in [0.5, 0.6) is 11.5 Å². The average Bonchev–Trinajstić information content (AvgIpc) is 3.30. The van der Waals surface area contributed by atoms with Crippen molar-refractivity contribution in [2.45, 2.75) is 19.4 Å². The molecule has 1 N–H and O–H groups in total. The van der Waals surface area contributed by atoms with Gasteiger partial charge in [-0.3, -0.25) is 4.99 Å². The number of aliphatic imine (C=N–C) groups is 1. The van der Waals surface area contributed by atoms with Crippen LogP contribution in [-0.2, 0) is 11.3 Å². The number of likely N-dealkylation sites (tertiary alicyclic amines) is 1. The van der Waals surface area contributed by atoms with Gasteiger partial charge in [0.1, 0.15) is 0 Å². The summed E-state index contributed by atoms with van der Waals surface area (Å²) >= 11 is 0. The van der Waals surface area contributed by atoms with E-state index in [-0.39, 0.29) is 0 Å². The molecule has 3 heterocycles. The van der Waals surface area contributed by atoms with Crippen LogP contribution in [-0.4, -0.2) is 51.0 Å². The van der Waals surface area contributed by atoms with E-state index >= 15 is 0 Å². The maximum atomic E-state index is 5.60. The van der Waals surface area contributed by atoms with Gasteiger partial charge in [-0.25, -0.2) is 0 Å². The van der Waals surface area contributed by atoms with E-state index in [1.807, 2.05) is 19.2 Å². The minimum absolute atomic E-state index is 0.311. The fraction of sp³-hybridized carbons (Fsp3) is 0.588.